The van der Waals surface area contributed by atoms with Crippen LogP contribution < -0.4 is 9.47 Å². The Hall–Kier alpha value is -2.44. The van der Waals surface area contributed by atoms with Crippen molar-refractivity contribution in [3.8, 4) is 11.6 Å². The number of nitrogens with zero attached hydrogens (tertiary/aromatic N) is 2. The van der Waals surface area contributed by atoms with E-state index in [9.17, 15) is 4.79 Å². The maximum Gasteiger partial charge on any atom is 0.356 e. The molecule has 0 saturated carbocycles. The standard InChI is InChI=1S/C24H27ClN2O3S/c1-16-20(31-19-10-8-7-9-11-19)21(27(26-16)23(2,3)4)29-22(28)24(5,6)30-18-14-12-17(25)13-15-18/h7-15H,1-6H3. The summed E-state index contributed by atoms with van der Waals surface area (Å²) in [6, 6.07) is 16.8. The molecule has 0 saturated heterocycles. The van der Waals surface area contributed by atoms with Crippen LogP contribution in [0, 0.1) is 6.92 Å². The Morgan fingerprint density at radius 1 is 1.00 bits per heavy atom. The highest BCUT2D eigenvalue weighted by Crippen LogP contribution is 2.40. The molecule has 0 radical (unpaired) electrons. The van der Waals surface area contributed by atoms with Crippen LogP contribution in [0.3, 0.4) is 0 Å². The second kappa shape index (κ2) is 8.97. The van der Waals surface area contributed by atoms with Crippen molar-refractivity contribution in [2.24, 2.45) is 0 Å². The SMILES string of the molecule is Cc1nn(C(C)(C)C)c(OC(=O)C(C)(C)Oc2ccc(Cl)cc2)c1Sc1ccccc1. The van der Waals surface area contributed by atoms with Crippen LogP contribution in [0.25, 0.3) is 0 Å². The molecule has 0 unspecified atom stereocenters. The first kappa shape index (κ1) is 23.2. The molecule has 31 heavy (non-hydrogen) atoms. The minimum Gasteiger partial charge on any atom is -0.476 e. The van der Waals surface area contributed by atoms with Gasteiger partial charge >= 0.3 is 5.97 Å². The van der Waals surface area contributed by atoms with E-state index in [1.165, 1.54) is 11.8 Å². The smallest absolute Gasteiger partial charge is 0.356 e. The largest absolute Gasteiger partial charge is 0.476 e. The van der Waals surface area contributed by atoms with Gasteiger partial charge in [-0.15, -0.1) is 0 Å². The summed E-state index contributed by atoms with van der Waals surface area (Å²) in [5.41, 5.74) is -0.802. The fraction of sp³-hybridized carbons (Fsp3) is 0.333. The Labute approximate surface area is 192 Å². The normalized spacial score (nSPS) is 12.0. The molecule has 0 fully saturated rings. The first-order chi connectivity index (χ1) is 14.5. The fourth-order valence-corrected chi connectivity index (χ4v) is 3.87. The quantitative estimate of drug-likeness (QED) is 0.394. The number of aromatic nitrogens is 2. The van der Waals surface area contributed by atoms with Gasteiger partial charge in [0.2, 0.25) is 11.5 Å². The molecule has 2 aromatic carbocycles. The number of hydrogen-bond acceptors (Lipinski definition) is 5. The molecule has 1 heterocycles. The second-order valence-electron chi connectivity index (χ2n) is 8.67. The monoisotopic (exact) mass is 458 g/mol. The Morgan fingerprint density at radius 3 is 2.19 bits per heavy atom. The van der Waals surface area contributed by atoms with Crippen molar-refractivity contribution in [3.05, 3.63) is 65.3 Å². The van der Waals surface area contributed by atoms with Gasteiger partial charge in [-0.1, -0.05) is 41.6 Å². The highest BCUT2D eigenvalue weighted by Gasteiger charge is 2.36. The van der Waals surface area contributed by atoms with Crippen molar-refractivity contribution in [1.82, 2.24) is 9.78 Å². The maximum absolute atomic E-state index is 13.2. The van der Waals surface area contributed by atoms with Crippen molar-refractivity contribution in [1.29, 1.82) is 0 Å². The van der Waals surface area contributed by atoms with Crippen molar-refractivity contribution >= 4 is 29.3 Å². The molecular weight excluding hydrogens is 432 g/mol. The van der Waals surface area contributed by atoms with Gasteiger partial charge in [-0.25, -0.2) is 9.48 Å². The highest BCUT2D eigenvalue weighted by molar-refractivity contribution is 7.99. The lowest BCUT2D eigenvalue weighted by molar-refractivity contribution is -0.150. The van der Waals surface area contributed by atoms with Crippen LogP contribution in [0.1, 0.15) is 40.3 Å². The lowest BCUT2D eigenvalue weighted by Gasteiger charge is -2.26. The number of hydrogen-bond donors (Lipinski definition) is 0. The van der Waals surface area contributed by atoms with E-state index < -0.39 is 11.6 Å². The molecule has 1 aromatic heterocycles. The van der Waals surface area contributed by atoms with E-state index in [0.29, 0.717) is 16.7 Å². The minimum absolute atomic E-state index is 0.378. The van der Waals surface area contributed by atoms with E-state index in [4.69, 9.17) is 21.1 Å². The van der Waals surface area contributed by atoms with Crippen molar-refractivity contribution in [2.45, 2.75) is 62.5 Å². The zero-order chi connectivity index (χ0) is 22.8. The summed E-state index contributed by atoms with van der Waals surface area (Å²) in [5, 5.41) is 5.27. The summed E-state index contributed by atoms with van der Waals surface area (Å²) in [6.07, 6.45) is 0. The van der Waals surface area contributed by atoms with Gasteiger partial charge in [0.25, 0.3) is 0 Å². The molecule has 0 aliphatic heterocycles. The van der Waals surface area contributed by atoms with Crippen LogP contribution in [0.2, 0.25) is 5.02 Å². The van der Waals surface area contributed by atoms with E-state index in [1.54, 1.807) is 42.8 Å². The third kappa shape index (κ3) is 5.63. The highest BCUT2D eigenvalue weighted by atomic mass is 35.5. The average Bonchev–Trinajstić information content (AvgIpc) is 3.00. The summed E-state index contributed by atoms with van der Waals surface area (Å²) in [6.45, 7) is 11.3. The number of carbonyl (C=O) groups is 1. The van der Waals surface area contributed by atoms with Gasteiger partial charge in [0.15, 0.2) is 0 Å². The number of halogens is 1. The van der Waals surface area contributed by atoms with Gasteiger partial charge in [0.1, 0.15) is 5.75 Å². The fourth-order valence-electron chi connectivity index (χ4n) is 2.81. The maximum atomic E-state index is 13.2. The lowest BCUT2D eigenvalue weighted by atomic mass is 10.1. The van der Waals surface area contributed by atoms with Crippen molar-refractivity contribution in [2.75, 3.05) is 0 Å². The van der Waals surface area contributed by atoms with Crippen LogP contribution >= 0.6 is 23.4 Å². The number of rotatable bonds is 6. The van der Waals surface area contributed by atoms with Crippen LogP contribution in [0.4, 0.5) is 0 Å². The first-order valence-electron chi connectivity index (χ1n) is 9.97. The van der Waals surface area contributed by atoms with E-state index in [2.05, 4.69) is 5.10 Å². The molecule has 0 atom stereocenters. The van der Waals surface area contributed by atoms with E-state index >= 15 is 0 Å². The molecule has 0 amide bonds. The average molecular weight is 459 g/mol. The second-order valence-corrected chi connectivity index (χ2v) is 10.2. The molecular formula is C24H27ClN2O3S. The summed E-state index contributed by atoms with van der Waals surface area (Å²) in [7, 11) is 0. The predicted molar refractivity (Wildman–Crippen MR) is 124 cm³/mol. The number of ether oxygens (including phenoxy) is 2. The van der Waals surface area contributed by atoms with Gasteiger partial charge in [0, 0.05) is 9.92 Å². The number of carbonyl (C=O) groups excluding carboxylic acids is 1. The third-order valence-corrected chi connectivity index (χ3v) is 5.87. The molecule has 164 valence electrons. The van der Waals surface area contributed by atoms with Crippen LogP contribution in [0.5, 0.6) is 11.6 Å². The zero-order valence-electron chi connectivity index (χ0n) is 18.6. The van der Waals surface area contributed by atoms with Gasteiger partial charge in [-0.2, -0.15) is 5.10 Å². The lowest BCUT2D eigenvalue weighted by Crippen LogP contribution is -2.42. The number of aryl methyl sites for hydroxylation is 1. The van der Waals surface area contributed by atoms with E-state index in [1.807, 2.05) is 58.0 Å². The molecule has 3 rings (SSSR count). The molecule has 0 spiro atoms. The molecule has 0 N–H and O–H groups in total. The van der Waals surface area contributed by atoms with Crippen LogP contribution in [-0.4, -0.2) is 21.4 Å². The summed E-state index contributed by atoms with van der Waals surface area (Å²) in [4.78, 5) is 15.0. The first-order valence-corrected chi connectivity index (χ1v) is 11.2. The van der Waals surface area contributed by atoms with Gasteiger partial charge in [0.05, 0.1) is 16.1 Å². The summed E-state index contributed by atoms with van der Waals surface area (Å²) >= 11 is 7.46. The van der Waals surface area contributed by atoms with E-state index in [0.717, 1.165) is 15.5 Å². The Kier molecular flexibility index (Phi) is 6.72. The summed E-state index contributed by atoms with van der Waals surface area (Å²) < 4.78 is 13.6. The van der Waals surface area contributed by atoms with Crippen LogP contribution in [0.15, 0.2) is 64.4 Å². The van der Waals surface area contributed by atoms with Gasteiger partial charge in [-0.3, -0.25) is 0 Å². The van der Waals surface area contributed by atoms with Gasteiger partial charge in [-0.05, 0) is 77.9 Å². The molecule has 0 aliphatic carbocycles. The molecule has 3 aromatic rings. The molecule has 0 aliphatic rings. The van der Waals surface area contributed by atoms with Crippen molar-refractivity contribution in [3.63, 3.8) is 0 Å². The Bertz CT molecular complexity index is 1050. The molecule has 0 bridgehead atoms. The Balaban J connectivity index is 1.92. The van der Waals surface area contributed by atoms with E-state index in [-0.39, 0.29) is 5.54 Å². The summed E-state index contributed by atoms with van der Waals surface area (Å²) in [5.74, 6) is 0.435. The minimum atomic E-state index is -1.22. The molecule has 5 nitrogen and oxygen atoms in total. The van der Waals surface area contributed by atoms with Gasteiger partial charge < -0.3 is 9.47 Å². The number of benzene rings is 2. The zero-order valence-corrected chi connectivity index (χ0v) is 20.2. The third-order valence-electron chi connectivity index (χ3n) is 4.43. The number of esters is 1. The predicted octanol–water partition coefficient (Wildman–Crippen LogP) is 6.51. The van der Waals surface area contributed by atoms with Crippen molar-refractivity contribution < 1.29 is 14.3 Å². The molecule has 7 heteroatoms. The van der Waals surface area contributed by atoms with Crippen LogP contribution in [-0.2, 0) is 10.3 Å². The topological polar surface area (TPSA) is 53.4 Å². The Morgan fingerprint density at radius 2 is 1.61 bits per heavy atom.